The third-order valence-electron chi connectivity index (χ3n) is 6.65. The van der Waals surface area contributed by atoms with Gasteiger partial charge in [-0.3, -0.25) is 0 Å². The molecular weight excluding hydrogens is 478 g/mol. The lowest BCUT2D eigenvalue weighted by atomic mass is 9.99. The first kappa shape index (κ1) is 22.2. The summed E-state index contributed by atoms with van der Waals surface area (Å²) in [4.78, 5) is 18.0. The zero-order valence-electron chi connectivity index (χ0n) is 19.7. The lowest BCUT2D eigenvalue weighted by molar-refractivity contribution is 0.164. The molecule has 1 N–H and O–H groups in total. The molecule has 0 unspecified atom stereocenters. The van der Waals surface area contributed by atoms with Crippen molar-refractivity contribution in [2.45, 2.75) is 11.3 Å². The molecule has 0 bridgehead atoms. The van der Waals surface area contributed by atoms with E-state index in [1.54, 1.807) is 49.5 Å². The quantitative estimate of drug-likeness (QED) is 0.375. The minimum atomic E-state index is -3.92. The van der Waals surface area contributed by atoms with E-state index in [1.807, 2.05) is 24.3 Å². The minimum Gasteiger partial charge on any atom is -0.494 e. The predicted octanol–water partition coefficient (Wildman–Crippen LogP) is 5.02. The number of rotatable bonds is 3. The number of nitrogens with one attached hydrogen (secondary N) is 1. The van der Waals surface area contributed by atoms with Gasteiger partial charge in [0.05, 0.1) is 23.3 Å². The second-order valence-corrected chi connectivity index (χ2v) is 10.5. The second-order valence-electron chi connectivity index (χ2n) is 8.71. The molecule has 0 fully saturated rings. The zero-order valence-corrected chi connectivity index (χ0v) is 20.5. The maximum Gasteiger partial charge on any atom is 0.414 e. The highest BCUT2D eigenvalue weighted by molar-refractivity contribution is 7.90. The molecule has 36 heavy (non-hydrogen) atoms. The highest BCUT2D eigenvalue weighted by Gasteiger charge is 2.29. The Morgan fingerprint density at radius 2 is 1.75 bits per heavy atom. The number of benzene rings is 3. The number of carbonyl (C=O) groups is 1. The summed E-state index contributed by atoms with van der Waals surface area (Å²) in [5.41, 5.74) is 3.75. The van der Waals surface area contributed by atoms with Gasteiger partial charge in [-0.15, -0.1) is 0 Å². The van der Waals surface area contributed by atoms with Crippen molar-refractivity contribution < 1.29 is 22.7 Å². The number of amides is 1. The lowest BCUT2D eigenvalue weighted by Crippen LogP contribution is -2.31. The van der Waals surface area contributed by atoms with Crippen molar-refractivity contribution in [2.24, 2.45) is 0 Å². The third-order valence-corrected chi connectivity index (χ3v) is 8.34. The summed E-state index contributed by atoms with van der Waals surface area (Å²) in [5.74, 6) is 0.571. The highest BCUT2D eigenvalue weighted by Crippen LogP contribution is 2.46. The lowest BCUT2D eigenvalue weighted by Gasteiger charge is -2.17. The summed E-state index contributed by atoms with van der Waals surface area (Å²) in [7, 11) is -0.758. The van der Waals surface area contributed by atoms with E-state index in [1.165, 1.54) is 22.2 Å². The molecule has 3 heterocycles. The smallest absolute Gasteiger partial charge is 0.414 e. The molecule has 1 aliphatic rings. The third kappa shape index (κ3) is 3.27. The molecule has 6 rings (SSSR count). The number of aromatic amines is 1. The molecule has 1 aliphatic heterocycles. The van der Waals surface area contributed by atoms with Gasteiger partial charge < -0.3 is 19.4 Å². The minimum absolute atomic E-state index is 0.160. The van der Waals surface area contributed by atoms with Crippen molar-refractivity contribution >= 4 is 37.9 Å². The van der Waals surface area contributed by atoms with Crippen molar-refractivity contribution in [1.29, 1.82) is 0 Å². The van der Waals surface area contributed by atoms with Crippen LogP contribution in [0.4, 0.5) is 4.79 Å². The second kappa shape index (κ2) is 8.17. The molecule has 2 aromatic heterocycles. The Kier molecular flexibility index (Phi) is 5.04. The summed E-state index contributed by atoms with van der Waals surface area (Å²) in [5, 5.41) is 1.63. The Morgan fingerprint density at radius 1 is 1.00 bits per heavy atom. The van der Waals surface area contributed by atoms with E-state index in [-0.39, 0.29) is 10.6 Å². The summed E-state index contributed by atoms with van der Waals surface area (Å²) in [6.07, 6.45) is 1.61. The van der Waals surface area contributed by atoms with Gasteiger partial charge >= 0.3 is 6.09 Å². The van der Waals surface area contributed by atoms with Crippen molar-refractivity contribution in [3.05, 3.63) is 78.5 Å². The Bertz CT molecular complexity index is 1750. The standard InChI is InChI=1S/C27H23N3O5S/c1-29-14-12-19-18-10-6-7-11-21(18)28-25(19)24-20-13-15-30(36(32,33)17-8-4-3-5-9-17)26(20)23(34-2)16-22(24)35-27(29)31/h3-11,13,15-16,28H,12,14H2,1-2H3. The molecule has 8 nitrogen and oxygen atoms in total. The highest BCUT2D eigenvalue weighted by atomic mass is 32.2. The van der Waals surface area contributed by atoms with Crippen LogP contribution in [0.15, 0.2) is 77.8 Å². The van der Waals surface area contributed by atoms with Crippen molar-refractivity contribution in [2.75, 3.05) is 20.7 Å². The van der Waals surface area contributed by atoms with Gasteiger partial charge in [0, 0.05) is 42.1 Å². The Balaban J connectivity index is 1.71. The van der Waals surface area contributed by atoms with Gasteiger partial charge in [-0.1, -0.05) is 36.4 Å². The number of methoxy groups -OCH3 is 1. The van der Waals surface area contributed by atoms with Crippen molar-refractivity contribution in [1.82, 2.24) is 13.9 Å². The fourth-order valence-electron chi connectivity index (χ4n) is 4.87. The summed E-state index contributed by atoms with van der Waals surface area (Å²) in [6.45, 7) is 0.464. The van der Waals surface area contributed by atoms with Crippen LogP contribution in [0.3, 0.4) is 0 Å². The molecule has 0 aliphatic carbocycles. The van der Waals surface area contributed by atoms with E-state index in [2.05, 4.69) is 4.98 Å². The Morgan fingerprint density at radius 3 is 2.53 bits per heavy atom. The molecule has 1 amide bonds. The molecule has 5 aromatic rings. The topological polar surface area (TPSA) is 93.6 Å². The van der Waals surface area contributed by atoms with Crippen LogP contribution < -0.4 is 9.47 Å². The number of likely N-dealkylation sites (N-methyl/N-ethyl adjacent to an activating group) is 1. The molecule has 182 valence electrons. The number of aromatic nitrogens is 2. The summed E-state index contributed by atoms with van der Waals surface area (Å²) >= 11 is 0. The molecule has 0 saturated heterocycles. The molecular formula is C27H23N3O5S. The Hall–Kier alpha value is -4.24. The maximum absolute atomic E-state index is 13.6. The number of fused-ring (bicyclic) bond motifs is 7. The molecule has 9 heteroatoms. The SMILES string of the molecule is COc1cc2c(c3ccn(S(=O)(=O)c4ccccc4)c13)-c1[nH]c3ccccc3c1CCN(C)C(=O)O2. The number of para-hydroxylation sites is 1. The van der Waals surface area contributed by atoms with Crippen LogP contribution in [-0.4, -0.2) is 49.1 Å². The number of ether oxygens (including phenoxy) is 2. The maximum atomic E-state index is 13.6. The van der Waals surface area contributed by atoms with Crippen molar-refractivity contribution in [3.63, 3.8) is 0 Å². The van der Waals surface area contributed by atoms with E-state index in [0.29, 0.717) is 35.2 Å². The van der Waals surface area contributed by atoms with E-state index >= 15 is 0 Å². The van der Waals surface area contributed by atoms with Crippen molar-refractivity contribution in [3.8, 4) is 22.8 Å². The zero-order chi connectivity index (χ0) is 25.0. The number of carbonyl (C=O) groups excluding carboxylic acids is 1. The predicted molar refractivity (Wildman–Crippen MR) is 137 cm³/mol. The van der Waals surface area contributed by atoms with Gasteiger partial charge in [0.1, 0.15) is 17.0 Å². The number of hydrogen-bond donors (Lipinski definition) is 1. The molecule has 0 spiro atoms. The van der Waals surface area contributed by atoms with Crippen LogP contribution in [0.2, 0.25) is 0 Å². The number of H-pyrrole nitrogens is 1. The molecule has 0 saturated carbocycles. The summed E-state index contributed by atoms with van der Waals surface area (Å²) in [6, 6.07) is 19.5. The monoisotopic (exact) mass is 501 g/mol. The first-order chi connectivity index (χ1) is 17.4. The summed E-state index contributed by atoms with van der Waals surface area (Å²) < 4.78 is 39.9. The van der Waals surface area contributed by atoms with Gasteiger partial charge in [0.2, 0.25) is 0 Å². The van der Waals surface area contributed by atoms with Crippen LogP contribution in [0.1, 0.15) is 5.56 Å². The largest absolute Gasteiger partial charge is 0.494 e. The molecule has 0 radical (unpaired) electrons. The van der Waals surface area contributed by atoms with Crippen LogP contribution in [0.25, 0.3) is 33.1 Å². The van der Waals surface area contributed by atoms with Gasteiger partial charge in [0.25, 0.3) is 10.0 Å². The fourth-order valence-corrected chi connectivity index (χ4v) is 6.24. The van der Waals surface area contributed by atoms with Gasteiger partial charge in [-0.05, 0) is 36.2 Å². The van der Waals surface area contributed by atoms with Gasteiger partial charge in [-0.2, -0.15) is 0 Å². The van der Waals surface area contributed by atoms with Crippen LogP contribution >= 0.6 is 0 Å². The van der Waals surface area contributed by atoms with E-state index in [4.69, 9.17) is 9.47 Å². The van der Waals surface area contributed by atoms with Gasteiger partial charge in [0.15, 0.2) is 0 Å². The average Bonchev–Trinajstić information content (AvgIpc) is 3.50. The first-order valence-corrected chi connectivity index (χ1v) is 12.9. The van der Waals surface area contributed by atoms with E-state index < -0.39 is 16.1 Å². The van der Waals surface area contributed by atoms with E-state index in [0.717, 1.165) is 22.2 Å². The van der Waals surface area contributed by atoms with Crippen LogP contribution in [0, 0.1) is 0 Å². The first-order valence-electron chi connectivity index (χ1n) is 11.5. The fraction of sp³-hybridized carbons (Fsp3) is 0.148. The van der Waals surface area contributed by atoms with Crippen LogP contribution in [0.5, 0.6) is 11.5 Å². The molecule has 3 aromatic carbocycles. The Labute approximate surface area is 207 Å². The normalized spacial score (nSPS) is 14.1. The molecule has 0 atom stereocenters. The number of nitrogens with zero attached hydrogens (tertiary/aromatic N) is 2. The number of hydrogen-bond acceptors (Lipinski definition) is 5. The van der Waals surface area contributed by atoms with Crippen LogP contribution in [-0.2, 0) is 16.4 Å². The average molecular weight is 502 g/mol. The van der Waals surface area contributed by atoms with Gasteiger partial charge in [-0.25, -0.2) is 17.2 Å². The van der Waals surface area contributed by atoms with E-state index in [9.17, 15) is 13.2 Å².